The summed E-state index contributed by atoms with van der Waals surface area (Å²) in [5.74, 6) is -0.0865. The minimum Gasteiger partial charge on any atom is -0.339 e. The Bertz CT molecular complexity index is 373. The van der Waals surface area contributed by atoms with Crippen LogP contribution in [0, 0.1) is 0 Å². The predicted octanol–water partition coefficient (Wildman–Crippen LogP) is 4.26. The van der Waals surface area contributed by atoms with Gasteiger partial charge in [-0.25, -0.2) is 0 Å². The van der Waals surface area contributed by atoms with Crippen LogP contribution in [0.2, 0.25) is 10.0 Å². The summed E-state index contributed by atoms with van der Waals surface area (Å²) in [5.41, 5.74) is 0.411. The van der Waals surface area contributed by atoms with Gasteiger partial charge in [0.25, 0.3) is 5.91 Å². The third kappa shape index (κ3) is 3.62. The van der Waals surface area contributed by atoms with Crippen molar-refractivity contribution in [3.63, 3.8) is 0 Å². The van der Waals surface area contributed by atoms with E-state index in [4.69, 9.17) is 23.2 Å². The molecule has 0 N–H and O–H groups in total. The molecule has 1 aromatic carbocycles. The molecule has 4 heteroatoms. The van der Waals surface area contributed by atoms with Gasteiger partial charge < -0.3 is 4.90 Å². The minimum atomic E-state index is -0.0865. The lowest BCUT2D eigenvalue weighted by Gasteiger charge is -2.21. The van der Waals surface area contributed by atoms with Crippen LogP contribution < -0.4 is 0 Å². The quantitative estimate of drug-likeness (QED) is 0.785. The first-order valence-corrected chi connectivity index (χ1v) is 6.60. The number of hydrogen-bond donors (Lipinski definition) is 0. The molecule has 1 amide bonds. The lowest BCUT2D eigenvalue weighted by Crippen LogP contribution is -2.32. The molecule has 17 heavy (non-hydrogen) atoms. The second-order valence-corrected chi connectivity index (χ2v) is 4.65. The van der Waals surface area contributed by atoms with E-state index in [2.05, 4.69) is 6.92 Å². The van der Waals surface area contributed by atoms with Crippen LogP contribution in [-0.2, 0) is 0 Å². The molecule has 0 spiro atoms. The summed E-state index contributed by atoms with van der Waals surface area (Å²) in [4.78, 5) is 14.1. The fourth-order valence-electron chi connectivity index (χ4n) is 1.61. The number of amides is 1. The summed E-state index contributed by atoms with van der Waals surface area (Å²) < 4.78 is 0. The largest absolute Gasteiger partial charge is 0.339 e. The smallest absolute Gasteiger partial charge is 0.256 e. The zero-order valence-electron chi connectivity index (χ0n) is 10.2. The van der Waals surface area contributed by atoms with Crippen LogP contribution in [0.25, 0.3) is 0 Å². The molecule has 0 atom stereocenters. The molecule has 0 bridgehead atoms. The van der Waals surface area contributed by atoms with Crippen molar-refractivity contribution in [1.82, 2.24) is 4.90 Å². The molecule has 1 aromatic rings. The molecule has 0 aliphatic rings. The molecule has 94 valence electrons. The molecule has 0 heterocycles. The van der Waals surface area contributed by atoms with Gasteiger partial charge in [0.15, 0.2) is 0 Å². The molecular formula is C13H17Cl2NO. The number of unbranched alkanes of at least 4 members (excludes halogenated alkanes) is 1. The second kappa shape index (κ2) is 6.87. The van der Waals surface area contributed by atoms with Crippen molar-refractivity contribution in [1.29, 1.82) is 0 Å². The Labute approximate surface area is 113 Å². The fourth-order valence-corrected chi connectivity index (χ4v) is 2.17. The zero-order valence-corrected chi connectivity index (χ0v) is 11.7. The molecule has 0 radical (unpaired) electrons. The Balaban J connectivity index is 2.93. The standard InChI is InChI=1S/C13H17Cl2NO/c1-3-5-9-16(4-2)13(17)12-10(14)7-6-8-11(12)15/h6-8H,3-5,9H2,1-2H3. The Morgan fingerprint density at radius 1 is 1.24 bits per heavy atom. The summed E-state index contributed by atoms with van der Waals surface area (Å²) in [7, 11) is 0. The molecular weight excluding hydrogens is 257 g/mol. The van der Waals surface area contributed by atoms with Crippen molar-refractivity contribution >= 4 is 29.1 Å². The first-order valence-electron chi connectivity index (χ1n) is 5.85. The normalized spacial score (nSPS) is 10.4. The molecule has 0 saturated heterocycles. The van der Waals surface area contributed by atoms with Crippen molar-refractivity contribution in [2.45, 2.75) is 26.7 Å². The first-order chi connectivity index (χ1) is 8.11. The number of halogens is 2. The Hall–Kier alpha value is -0.730. The summed E-state index contributed by atoms with van der Waals surface area (Å²) >= 11 is 12.1. The van der Waals surface area contributed by atoms with E-state index < -0.39 is 0 Å². The Kier molecular flexibility index (Phi) is 5.79. The third-order valence-electron chi connectivity index (χ3n) is 2.63. The van der Waals surface area contributed by atoms with Crippen molar-refractivity contribution in [2.24, 2.45) is 0 Å². The van der Waals surface area contributed by atoms with E-state index in [1.807, 2.05) is 6.92 Å². The van der Waals surface area contributed by atoms with Crippen LogP contribution in [0.5, 0.6) is 0 Å². The highest BCUT2D eigenvalue weighted by atomic mass is 35.5. The van der Waals surface area contributed by atoms with Gasteiger partial charge in [-0.1, -0.05) is 42.6 Å². The molecule has 2 nitrogen and oxygen atoms in total. The van der Waals surface area contributed by atoms with E-state index >= 15 is 0 Å². The zero-order chi connectivity index (χ0) is 12.8. The molecule has 0 saturated carbocycles. The summed E-state index contributed by atoms with van der Waals surface area (Å²) in [5, 5.41) is 0.829. The van der Waals surface area contributed by atoms with Gasteiger partial charge in [-0.05, 0) is 25.5 Å². The van der Waals surface area contributed by atoms with E-state index in [0.29, 0.717) is 22.2 Å². The topological polar surface area (TPSA) is 20.3 Å². The average molecular weight is 274 g/mol. The third-order valence-corrected chi connectivity index (χ3v) is 3.26. The summed E-state index contributed by atoms with van der Waals surface area (Å²) in [6, 6.07) is 5.12. The van der Waals surface area contributed by atoms with Gasteiger partial charge >= 0.3 is 0 Å². The minimum absolute atomic E-state index is 0.0865. The molecule has 0 aromatic heterocycles. The van der Waals surface area contributed by atoms with Crippen LogP contribution >= 0.6 is 23.2 Å². The number of nitrogens with zero attached hydrogens (tertiary/aromatic N) is 1. The van der Waals surface area contributed by atoms with E-state index in [-0.39, 0.29) is 5.91 Å². The monoisotopic (exact) mass is 273 g/mol. The maximum absolute atomic E-state index is 12.3. The van der Waals surface area contributed by atoms with Crippen LogP contribution in [-0.4, -0.2) is 23.9 Å². The van der Waals surface area contributed by atoms with Crippen molar-refractivity contribution < 1.29 is 4.79 Å². The Morgan fingerprint density at radius 2 is 1.82 bits per heavy atom. The number of benzene rings is 1. The molecule has 0 unspecified atom stereocenters. The SMILES string of the molecule is CCCCN(CC)C(=O)c1c(Cl)cccc1Cl. The highest BCUT2D eigenvalue weighted by Crippen LogP contribution is 2.25. The lowest BCUT2D eigenvalue weighted by atomic mass is 10.2. The van der Waals surface area contributed by atoms with Crippen LogP contribution in [0.15, 0.2) is 18.2 Å². The van der Waals surface area contributed by atoms with Gasteiger partial charge in [-0.3, -0.25) is 4.79 Å². The predicted molar refractivity (Wildman–Crippen MR) is 72.9 cm³/mol. The second-order valence-electron chi connectivity index (χ2n) is 3.84. The number of hydrogen-bond acceptors (Lipinski definition) is 1. The van der Waals surface area contributed by atoms with Crippen LogP contribution in [0.3, 0.4) is 0 Å². The van der Waals surface area contributed by atoms with Crippen molar-refractivity contribution in [2.75, 3.05) is 13.1 Å². The van der Waals surface area contributed by atoms with Gasteiger partial charge in [0.1, 0.15) is 0 Å². The maximum Gasteiger partial charge on any atom is 0.256 e. The lowest BCUT2D eigenvalue weighted by molar-refractivity contribution is 0.0762. The molecule has 0 fully saturated rings. The first kappa shape index (κ1) is 14.3. The highest BCUT2D eigenvalue weighted by Gasteiger charge is 2.19. The highest BCUT2D eigenvalue weighted by molar-refractivity contribution is 6.39. The van der Waals surface area contributed by atoms with Gasteiger partial charge in [-0.2, -0.15) is 0 Å². The van der Waals surface area contributed by atoms with Gasteiger partial charge in [0.05, 0.1) is 15.6 Å². The van der Waals surface area contributed by atoms with E-state index in [1.165, 1.54) is 0 Å². The van der Waals surface area contributed by atoms with Crippen molar-refractivity contribution in [3.8, 4) is 0 Å². The van der Waals surface area contributed by atoms with E-state index in [0.717, 1.165) is 19.4 Å². The van der Waals surface area contributed by atoms with Gasteiger partial charge in [-0.15, -0.1) is 0 Å². The maximum atomic E-state index is 12.3. The summed E-state index contributed by atoms with van der Waals surface area (Å²) in [6.07, 6.45) is 2.04. The summed E-state index contributed by atoms with van der Waals surface area (Å²) in [6.45, 7) is 5.47. The molecule has 0 aliphatic carbocycles. The van der Waals surface area contributed by atoms with Crippen LogP contribution in [0.4, 0.5) is 0 Å². The van der Waals surface area contributed by atoms with E-state index in [1.54, 1.807) is 23.1 Å². The van der Waals surface area contributed by atoms with Crippen LogP contribution in [0.1, 0.15) is 37.0 Å². The molecule has 1 rings (SSSR count). The van der Waals surface area contributed by atoms with Crippen molar-refractivity contribution in [3.05, 3.63) is 33.8 Å². The van der Waals surface area contributed by atoms with E-state index in [9.17, 15) is 4.79 Å². The van der Waals surface area contributed by atoms with Gasteiger partial charge in [0.2, 0.25) is 0 Å². The number of rotatable bonds is 5. The Morgan fingerprint density at radius 3 is 2.29 bits per heavy atom. The molecule has 0 aliphatic heterocycles. The number of carbonyl (C=O) groups excluding carboxylic acids is 1. The van der Waals surface area contributed by atoms with Gasteiger partial charge in [0, 0.05) is 13.1 Å². The number of carbonyl (C=O) groups is 1. The average Bonchev–Trinajstić information content (AvgIpc) is 2.30. The fraction of sp³-hybridized carbons (Fsp3) is 0.462.